The van der Waals surface area contributed by atoms with Crippen LogP contribution in [0.1, 0.15) is 38.5 Å². The number of halogens is 1. The summed E-state index contributed by atoms with van der Waals surface area (Å²) in [6, 6.07) is 0. The lowest BCUT2D eigenvalue weighted by Gasteiger charge is -2.26. The Labute approximate surface area is 164 Å². The van der Waals surface area contributed by atoms with Gasteiger partial charge >= 0.3 is 0 Å². The van der Waals surface area contributed by atoms with Crippen LogP contribution in [-0.4, -0.2) is 76.6 Å². The van der Waals surface area contributed by atoms with Crippen molar-refractivity contribution in [3.8, 4) is 0 Å². The van der Waals surface area contributed by atoms with Crippen molar-refractivity contribution in [2.24, 2.45) is 4.99 Å². The fourth-order valence-corrected chi connectivity index (χ4v) is 3.18. The largest absolute Gasteiger partial charge is 0.379 e. The second-order valence-electron chi connectivity index (χ2n) is 6.36. The first-order valence-electron chi connectivity index (χ1n) is 9.24. The molecule has 1 saturated carbocycles. The third-order valence-electron chi connectivity index (χ3n) is 4.60. The van der Waals surface area contributed by atoms with Crippen LogP contribution in [0.25, 0.3) is 0 Å². The molecule has 1 aliphatic carbocycles. The summed E-state index contributed by atoms with van der Waals surface area (Å²) in [5.41, 5.74) is 0. The van der Waals surface area contributed by atoms with E-state index < -0.39 is 0 Å². The Morgan fingerprint density at radius 3 is 2.42 bits per heavy atom. The van der Waals surface area contributed by atoms with Gasteiger partial charge in [-0.2, -0.15) is 0 Å². The highest BCUT2D eigenvalue weighted by Crippen LogP contribution is 2.19. The van der Waals surface area contributed by atoms with Gasteiger partial charge in [0.25, 0.3) is 0 Å². The van der Waals surface area contributed by atoms with Crippen molar-refractivity contribution in [3.05, 3.63) is 0 Å². The molecule has 0 atom stereocenters. The smallest absolute Gasteiger partial charge is 0.191 e. The van der Waals surface area contributed by atoms with Crippen molar-refractivity contribution in [1.82, 2.24) is 15.5 Å². The van der Waals surface area contributed by atoms with Crippen LogP contribution >= 0.6 is 24.0 Å². The Morgan fingerprint density at radius 1 is 1.08 bits per heavy atom. The van der Waals surface area contributed by atoms with Crippen molar-refractivity contribution in [2.45, 2.75) is 44.6 Å². The molecule has 2 fully saturated rings. The van der Waals surface area contributed by atoms with Crippen LogP contribution in [0.5, 0.6) is 0 Å². The molecule has 0 aromatic carbocycles. The molecule has 1 saturated heterocycles. The molecule has 0 aromatic rings. The summed E-state index contributed by atoms with van der Waals surface area (Å²) in [5.74, 6) is 0.864. The first kappa shape index (κ1) is 21.9. The third kappa shape index (κ3) is 9.39. The number of hydrogen-bond donors (Lipinski definition) is 2. The third-order valence-corrected chi connectivity index (χ3v) is 4.60. The lowest BCUT2D eigenvalue weighted by molar-refractivity contribution is 0.0388. The molecule has 0 aromatic heterocycles. The fourth-order valence-electron chi connectivity index (χ4n) is 3.18. The molecular formula is C17H35IN4O2. The molecule has 2 aliphatic rings. The predicted octanol–water partition coefficient (Wildman–Crippen LogP) is 1.84. The van der Waals surface area contributed by atoms with Crippen molar-refractivity contribution in [3.63, 3.8) is 0 Å². The minimum absolute atomic E-state index is 0. The lowest BCUT2D eigenvalue weighted by Crippen LogP contribution is -2.45. The number of guanidine groups is 1. The van der Waals surface area contributed by atoms with Crippen LogP contribution in [0.3, 0.4) is 0 Å². The van der Waals surface area contributed by atoms with E-state index in [2.05, 4.69) is 20.5 Å². The van der Waals surface area contributed by atoms with E-state index in [0.717, 1.165) is 58.5 Å². The van der Waals surface area contributed by atoms with E-state index in [4.69, 9.17) is 9.47 Å². The molecule has 0 radical (unpaired) electrons. The van der Waals surface area contributed by atoms with Crippen LogP contribution in [0, 0.1) is 0 Å². The van der Waals surface area contributed by atoms with Gasteiger partial charge in [-0.15, -0.1) is 24.0 Å². The summed E-state index contributed by atoms with van der Waals surface area (Å²) in [4.78, 5) is 6.68. The number of nitrogens with zero attached hydrogens (tertiary/aromatic N) is 2. The van der Waals surface area contributed by atoms with E-state index in [1.807, 2.05) is 7.05 Å². The molecule has 0 bridgehead atoms. The molecule has 0 spiro atoms. The van der Waals surface area contributed by atoms with Gasteiger partial charge in [-0.3, -0.25) is 9.89 Å². The average Bonchev–Trinajstić information content (AvgIpc) is 2.87. The van der Waals surface area contributed by atoms with Gasteiger partial charge in [-0.1, -0.05) is 25.7 Å². The summed E-state index contributed by atoms with van der Waals surface area (Å²) in [6.07, 6.45) is 8.32. The van der Waals surface area contributed by atoms with Gasteiger partial charge in [0.2, 0.25) is 0 Å². The molecule has 0 unspecified atom stereocenters. The van der Waals surface area contributed by atoms with E-state index in [0.29, 0.717) is 6.10 Å². The quantitative estimate of drug-likeness (QED) is 0.202. The van der Waals surface area contributed by atoms with Gasteiger partial charge in [0.05, 0.1) is 25.9 Å². The van der Waals surface area contributed by atoms with Gasteiger partial charge in [-0.25, -0.2) is 0 Å². The van der Waals surface area contributed by atoms with Gasteiger partial charge in [0, 0.05) is 39.8 Å². The second-order valence-corrected chi connectivity index (χ2v) is 6.36. The zero-order valence-electron chi connectivity index (χ0n) is 15.1. The van der Waals surface area contributed by atoms with E-state index in [9.17, 15) is 0 Å². The monoisotopic (exact) mass is 454 g/mol. The molecule has 6 nitrogen and oxygen atoms in total. The molecule has 24 heavy (non-hydrogen) atoms. The van der Waals surface area contributed by atoms with Crippen molar-refractivity contribution in [1.29, 1.82) is 0 Å². The van der Waals surface area contributed by atoms with Crippen LogP contribution < -0.4 is 10.6 Å². The number of aliphatic imine (C=N–C) groups is 1. The Kier molecular flexibility index (Phi) is 12.9. The molecule has 0 amide bonds. The standard InChI is InChI=1S/C17H34N4O2.HI/c1-18-17(19-8-10-21-11-14-22-15-12-21)20-9-13-23-16-6-4-2-3-5-7-16;/h16H,2-15H2,1H3,(H2,18,19,20);1H. The molecule has 2 N–H and O–H groups in total. The topological polar surface area (TPSA) is 58.1 Å². The number of nitrogens with one attached hydrogen (secondary N) is 2. The SMILES string of the molecule is CN=C(NCCOC1CCCCCC1)NCCN1CCOCC1.I. The summed E-state index contributed by atoms with van der Waals surface area (Å²) in [5, 5.41) is 6.70. The normalized spacial score (nSPS) is 21.0. The molecule has 2 rings (SSSR count). The number of morpholine rings is 1. The zero-order valence-corrected chi connectivity index (χ0v) is 17.4. The Morgan fingerprint density at radius 2 is 1.75 bits per heavy atom. The highest BCUT2D eigenvalue weighted by Gasteiger charge is 2.12. The van der Waals surface area contributed by atoms with Crippen LogP contribution in [-0.2, 0) is 9.47 Å². The molecule has 1 aliphatic heterocycles. The van der Waals surface area contributed by atoms with Crippen molar-refractivity contribution in [2.75, 3.05) is 59.6 Å². The molecular weight excluding hydrogens is 419 g/mol. The number of ether oxygens (including phenoxy) is 2. The van der Waals surface area contributed by atoms with Gasteiger partial charge in [0.15, 0.2) is 5.96 Å². The summed E-state index contributed by atoms with van der Waals surface area (Å²) >= 11 is 0. The van der Waals surface area contributed by atoms with Gasteiger partial charge in [0.1, 0.15) is 0 Å². The minimum Gasteiger partial charge on any atom is -0.379 e. The van der Waals surface area contributed by atoms with Gasteiger partial charge in [-0.05, 0) is 12.8 Å². The number of hydrogen-bond acceptors (Lipinski definition) is 4. The fraction of sp³-hybridized carbons (Fsp3) is 0.941. The van der Waals surface area contributed by atoms with E-state index >= 15 is 0 Å². The minimum atomic E-state index is 0. The highest BCUT2D eigenvalue weighted by molar-refractivity contribution is 14.0. The summed E-state index contributed by atoms with van der Waals surface area (Å²) in [6.45, 7) is 7.27. The summed E-state index contributed by atoms with van der Waals surface area (Å²) in [7, 11) is 1.82. The Hall–Kier alpha value is -0.120. The average molecular weight is 454 g/mol. The van der Waals surface area contributed by atoms with Crippen molar-refractivity contribution >= 4 is 29.9 Å². The zero-order chi connectivity index (χ0) is 16.2. The first-order valence-corrected chi connectivity index (χ1v) is 9.24. The first-order chi connectivity index (χ1) is 11.4. The number of rotatable bonds is 7. The molecule has 142 valence electrons. The van der Waals surface area contributed by atoms with E-state index in [-0.39, 0.29) is 24.0 Å². The molecule has 1 heterocycles. The lowest BCUT2D eigenvalue weighted by atomic mass is 10.1. The van der Waals surface area contributed by atoms with Crippen LogP contribution in [0.2, 0.25) is 0 Å². The Balaban J connectivity index is 0.00000288. The van der Waals surface area contributed by atoms with Crippen LogP contribution in [0.4, 0.5) is 0 Å². The van der Waals surface area contributed by atoms with Gasteiger partial charge < -0.3 is 20.1 Å². The van der Waals surface area contributed by atoms with Crippen LogP contribution in [0.15, 0.2) is 4.99 Å². The predicted molar refractivity (Wildman–Crippen MR) is 109 cm³/mol. The van der Waals surface area contributed by atoms with E-state index in [1.54, 1.807) is 0 Å². The maximum Gasteiger partial charge on any atom is 0.191 e. The second kappa shape index (κ2) is 14.1. The highest BCUT2D eigenvalue weighted by atomic mass is 127. The Bertz CT molecular complexity index is 331. The van der Waals surface area contributed by atoms with Crippen molar-refractivity contribution < 1.29 is 9.47 Å². The maximum atomic E-state index is 5.99. The van der Waals surface area contributed by atoms with E-state index in [1.165, 1.54) is 38.5 Å². The molecule has 7 heteroatoms. The summed E-state index contributed by atoms with van der Waals surface area (Å²) < 4.78 is 11.3. The maximum absolute atomic E-state index is 5.99.